The number of hydrogen-bond donors (Lipinski definition) is 0. The van der Waals surface area contributed by atoms with Gasteiger partial charge < -0.3 is 18.8 Å². The molecule has 2 aromatic heterocycles. The van der Waals surface area contributed by atoms with Crippen LogP contribution in [0.1, 0.15) is 50.9 Å². The lowest BCUT2D eigenvalue weighted by Gasteiger charge is -2.31. The Bertz CT molecular complexity index is 1930. The van der Waals surface area contributed by atoms with Crippen molar-refractivity contribution in [3.63, 3.8) is 0 Å². The summed E-state index contributed by atoms with van der Waals surface area (Å²) in [6.07, 6.45) is 5.51. The van der Waals surface area contributed by atoms with Crippen LogP contribution in [0.2, 0.25) is 0 Å². The Morgan fingerprint density at radius 3 is 2.61 bits per heavy atom. The third kappa shape index (κ3) is 6.76. The van der Waals surface area contributed by atoms with Crippen LogP contribution in [0.15, 0.2) is 91.1 Å². The second kappa shape index (κ2) is 13.1. The second-order valence-corrected chi connectivity index (χ2v) is 12.3. The lowest BCUT2D eigenvalue weighted by atomic mass is 10.0. The molecule has 0 saturated carbocycles. The maximum Gasteiger partial charge on any atom is 0.416 e. The maximum atomic E-state index is 12.9. The molecule has 0 atom stereocenters. The molecule has 3 aromatic carbocycles. The van der Waals surface area contributed by atoms with E-state index >= 15 is 0 Å². The zero-order valence-corrected chi connectivity index (χ0v) is 26.8. The number of fused-ring (bicyclic) bond motifs is 3. The lowest BCUT2D eigenvalue weighted by molar-refractivity contribution is -0.137. The fourth-order valence-electron chi connectivity index (χ4n) is 5.83. The fourth-order valence-corrected chi connectivity index (χ4v) is 5.83. The zero-order valence-electron chi connectivity index (χ0n) is 26.8. The number of pyridine rings is 1. The van der Waals surface area contributed by atoms with E-state index in [0.29, 0.717) is 32.0 Å². The SMILES string of the molecule is CCOC(=O)C=C(c1cccc2ccccc12)n1ccc2cc(OCCc3ccc4c(n3)N(C(=O)OC(C)(C)C)CCC4)ccc21. The lowest BCUT2D eigenvalue weighted by Crippen LogP contribution is -2.40. The van der Waals surface area contributed by atoms with Crippen molar-refractivity contribution >= 4 is 45.3 Å². The largest absolute Gasteiger partial charge is 0.493 e. The van der Waals surface area contributed by atoms with Gasteiger partial charge in [-0.3, -0.25) is 4.90 Å². The van der Waals surface area contributed by atoms with Crippen LogP contribution in [0, 0.1) is 0 Å². The van der Waals surface area contributed by atoms with E-state index < -0.39 is 11.6 Å². The number of benzene rings is 3. The summed E-state index contributed by atoms with van der Waals surface area (Å²) in [5.41, 5.74) is 3.94. The van der Waals surface area contributed by atoms with Gasteiger partial charge in [0.2, 0.25) is 0 Å². The van der Waals surface area contributed by atoms with E-state index in [2.05, 4.69) is 24.3 Å². The van der Waals surface area contributed by atoms with Crippen molar-refractivity contribution in [1.82, 2.24) is 9.55 Å². The number of carbonyl (C=O) groups excluding carboxylic acids is 2. The van der Waals surface area contributed by atoms with E-state index in [0.717, 1.165) is 62.8 Å². The molecule has 1 aliphatic rings. The summed E-state index contributed by atoms with van der Waals surface area (Å²) in [7, 11) is 0. The number of rotatable bonds is 8. The van der Waals surface area contributed by atoms with Crippen molar-refractivity contribution in [2.75, 3.05) is 24.7 Å². The third-order valence-corrected chi connectivity index (χ3v) is 7.87. The molecule has 3 heterocycles. The molecule has 46 heavy (non-hydrogen) atoms. The maximum absolute atomic E-state index is 12.9. The number of aromatic nitrogens is 2. The number of ether oxygens (including phenoxy) is 3. The predicted molar refractivity (Wildman–Crippen MR) is 181 cm³/mol. The normalized spacial score (nSPS) is 13.5. The van der Waals surface area contributed by atoms with E-state index in [9.17, 15) is 9.59 Å². The van der Waals surface area contributed by atoms with E-state index in [-0.39, 0.29) is 6.09 Å². The summed E-state index contributed by atoms with van der Waals surface area (Å²) in [4.78, 5) is 32.1. The van der Waals surface area contributed by atoms with Crippen LogP contribution < -0.4 is 9.64 Å². The monoisotopic (exact) mass is 617 g/mol. The van der Waals surface area contributed by atoms with Crippen molar-refractivity contribution in [2.45, 2.75) is 52.6 Å². The number of anilines is 1. The molecule has 6 rings (SSSR count). The second-order valence-electron chi connectivity index (χ2n) is 12.3. The summed E-state index contributed by atoms with van der Waals surface area (Å²) in [6.45, 7) is 8.72. The first-order valence-corrected chi connectivity index (χ1v) is 15.8. The van der Waals surface area contributed by atoms with Crippen LogP contribution in [0.5, 0.6) is 5.75 Å². The van der Waals surface area contributed by atoms with Crippen molar-refractivity contribution in [1.29, 1.82) is 0 Å². The minimum atomic E-state index is -0.573. The number of aryl methyl sites for hydroxylation is 1. The van der Waals surface area contributed by atoms with E-state index in [1.165, 1.54) is 0 Å². The summed E-state index contributed by atoms with van der Waals surface area (Å²) in [5.74, 6) is 1.02. The summed E-state index contributed by atoms with van der Waals surface area (Å²) >= 11 is 0. The average Bonchev–Trinajstić information content (AvgIpc) is 3.45. The number of amides is 1. The molecule has 1 amide bonds. The highest BCUT2D eigenvalue weighted by atomic mass is 16.6. The summed E-state index contributed by atoms with van der Waals surface area (Å²) in [6, 6.07) is 26.3. The first-order valence-electron chi connectivity index (χ1n) is 15.8. The first-order chi connectivity index (χ1) is 22.2. The molecule has 0 saturated heterocycles. The smallest absolute Gasteiger partial charge is 0.416 e. The summed E-state index contributed by atoms with van der Waals surface area (Å²) < 4.78 is 19.1. The van der Waals surface area contributed by atoms with Gasteiger partial charge in [-0.25, -0.2) is 14.6 Å². The molecule has 236 valence electrons. The molecule has 0 radical (unpaired) electrons. The van der Waals surface area contributed by atoms with E-state index in [4.69, 9.17) is 19.2 Å². The van der Waals surface area contributed by atoms with Gasteiger partial charge in [-0.05, 0) is 87.2 Å². The molecular formula is C38H39N3O5. The minimum Gasteiger partial charge on any atom is -0.493 e. The zero-order chi connectivity index (χ0) is 32.3. The van der Waals surface area contributed by atoms with Crippen molar-refractivity contribution in [2.24, 2.45) is 0 Å². The van der Waals surface area contributed by atoms with Gasteiger partial charge in [-0.1, -0.05) is 48.5 Å². The Morgan fingerprint density at radius 1 is 0.957 bits per heavy atom. The molecule has 8 nitrogen and oxygen atoms in total. The quantitative estimate of drug-likeness (QED) is 0.130. The van der Waals surface area contributed by atoms with Crippen LogP contribution >= 0.6 is 0 Å². The van der Waals surface area contributed by atoms with Crippen molar-refractivity contribution in [3.8, 4) is 5.75 Å². The topological polar surface area (TPSA) is 82.9 Å². The number of hydrogen-bond acceptors (Lipinski definition) is 6. The Labute approximate surface area is 269 Å². The third-order valence-electron chi connectivity index (χ3n) is 7.87. The van der Waals surface area contributed by atoms with E-state index in [1.54, 1.807) is 17.9 Å². The molecule has 0 aliphatic carbocycles. The van der Waals surface area contributed by atoms with Crippen LogP contribution in [0.3, 0.4) is 0 Å². The van der Waals surface area contributed by atoms with Gasteiger partial charge in [0.05, 0.1) is 24.4 Å². The molecule has 0 N–H and O–H groups in total. The van der Waals surface area contributed by atoms with Crippen LogP contribution in [-0.4, -0.2) is 47.0 Å². The van der Waals surface area contributed by atoms with Crippen LogP contribution in [-0.2, 0) is 27.1 Å². The van der Waals surface area contributed by atoms with Crippen molar-refractivity contribution in [3.05, 3.63) is 108 Å². The van der Waals surface area contributed by atoms with Gasteiger partial charge >= 0.3 is 12.1 Å². The van der Waals surface area contributed by atoms with Gasteiger partial charge in [0.15, 0.2) is 0 Å². The highest BCUT2D eigenvalue weighted by Crippen LogP contribution is 2.32. The van der Waals surface area contributed by atoms with Crippen LogP contribution in [0.25, 0.3) is 27.4 Å². The highest BCUT2D eigenvalue weighted by molar-refractivity contribution is 6.01. The highest BCUT2D eigenvalue weighted by Gasteiger charge is 2.28. The average molecular weight is 618 g/mol. The molecule has 0 bridgehead atoms. The molecular weight excluding hydrogens is 578 g/mol. The Hall–Kier alpha value is -5.11. The van der Waals surface area contributed by atoms with E-state index in [1.807, 2.05) is 86.1 Å². The van der Waals surface area contributed by atoms with Gasteiger partial charge in [0, 0.05) is 41.9 Å². The molecule has 0 unspecified atom stereocenters. The number of esters is 1. The standard InChI is InChI=1S/C38H39N3O5/c1-5-44-35(42)25-34(32-14-8-11-26-10-6-7-13-31(26)32)40-22-19-28-24-30(17-18-33(28)40)45-23-20-29-16-15-27-12-9-21-41(36(27)39-29)37(43)46-38(2,3)4/h6-8,10-11,13-19,22,24-25H,5,9,12,20-21,23H2,1-4H3. The number of carbonyl (C=O) groups is 2. The Morgan fingerprint density at radius 2 is 1.78 bits per heavy atom. The first kappa shape index (κ1) is 30.9. The van der Waals surface area contributed by atoms with Gasteiger partial charge in [0.1, 0.15) is 17.2 Å². The minimum absolute atomic E-state index is 0.300. The van der Waals surface area contributed by atoms with Crippen molar-refractivity contribution < 1.29 is 23.8 Å². The molecule has 8 heteroatoms. The van der Waals surface area contributed by atoms with Gasteiger partial charge in [-0.2, -0.15) is 0 Å². The molecule has 0 fully saturated rings. The predicted octanol–water partition coefficient (Wildman–Crippen LogP) is 7.95. The summed E-state index contributed by atoms with van der Waals surface area (Å²) in [5, 5.41) is 3.12. The molecule has 0 spiro atoms. The molecule has 1 aliphatic heterocycles. The Kier molecular flexibility index (Phi) is 8.79. The number of nitrogens with zero attached hydrogens (tertiary/aromatic N) is 3. The fraction of sp³-hybridized carbons (Fsp3) is 0.289. The van der Waals surface area contributed by atoms with Gasteiger partial charge in [-0.15, -0.1) is 0 Å². The molecule has 5 aromatic rings. The van der Waals surface area contributed by atoms with Gasteiger partial charge in [0.25, 0.3) is 0 Å². The Balaban J connectivity index is 1.21. The van der Waals surface area contributed by atoms with Crippen LogP contribution in [0.4, 0.5) is 10.6 Å².